The molecule has 9 nitrogen and oxygen atoms in total. The van der Waals surface area contributed by atoms with Crippen LogP contribution in [0.15, 0.2) is 47.4 Å². The Morgan fingerprint density at radius 3 is 2.35 bits per heavy atom. The van der Waals surface area contributed by atoms with Gasteiger partial charge in [-0.2, -0.15) is 4.31 Å². The molecule has 3 heterocycles. The summed E-state index contributed by atoms with van der Waals surface area (Å²) in [5, 5.41) is 3.81. The number of sulfonamides is 1. The fourth-order valence-corrected chi connectivity index (χ4v) is 8.45. The predicted octanol–water partition coefficient (Wildman–Crippen LogP) is 2.96. The lowest BCUT2D eigenvalue weighted by atomic mass is 9.79. The van der Waals surface area contributed by atoms with Crippen LogP contribution in [-0.4, -0.2) is 79.8 Å². The molecule has 0 aliphatic carbocycles. The van der Waals surface area contributed by atoms with Crippen molar-refractivity contribution in [3.05, 3.63) is 42.5 Å². The summed E-state index contributed by atoms with van der Waals surface area (Å²) < 4.78 is 29.2. The van der Waals surface area contributed by atoms with Crippen molar-refractivity contribution in [2.45, 2.75) is 62.8 Å². The molecule has 3 aliphatic heterocycles. The smallest absolute Gasteiger partial charge is 0.243 e. The highest BCUT2D eigenvalue weighted by molar-refractivity contribution is 7.89. The maximum Gasteiger partial charge on any atom is 0.243 e. The third kappa shape index (κ3) is 6.35. The molecule has 0 aromatic heterocycles. The molecule has 0 radical (unpaired) electrons. The third-order valence-electron chi connectivity index (χ3n) is 8.93. The highest BCUT2D eigenvalue weighted by Gasteiger charge is 2.45. The highest BCUT2D eigenvalue weighted by atomic mass is 32.2. The summed E-state index contributed by atoms with van der Waals surface area (Å²) in [5.74, 6) is -1.33. The van der Waals surface area contributed by atoms with Crippen LogP contribution < -0.4 is 11.2 Å². The van der Waals surface area contributed by atoms with E-state index in [1.165, 1.54) is 4.31 Å². The monoisotopic (exact) mass is 569 g/mol. The topological polar surface area (TPSA) is 116 Å². The molecule has 2 aromatic carbocycles. The van der Waals surface area contributed by atoms with E-state index in [0.717, 1.165) is 56.0 Å². The summed E-state index contributed by atoms with van der Waals surface area (Å²) >= 11 is 0. The summed E-state index contributed by atoms with van der Waals surface area (Å²) in [6.07, 6.45) is 6.40. The third-order valence-corrected chi connectivity index (χ3v) is 10.8. The van der Waals surface area contributed by atoms with Crippen molar-refractivity contribution >= 4 is 32.6 Å². The predicted molar refractivity (Wildman–Crippen MR) is 155 cm³/mol. The van der Waals surface area contributed by atoms with E-state index >= 15 is 0 Å². The molecule has 3 fully saturated rings. The number of primary amides is 1. The van der Waals surface area contributed by atoms with Crippen LogP contribution in [0.2, 0.25) is 0 Å². The maximum absolute atomic E-state index is 14.0. The molecule has 3 saturated heterocycles. The number of nitrogens with one attached hydrogen (secondary N) is 1. The molecular weight excluding hydrogens is 526 g/mol. The first-order valence-corrected chi connectivity index (χ1v) is 16.3. The Balaban J connectivity index is 1.43. The van der Waals surface area contributed by atoms with E-state index < -0.39 is 27.9 Å². The van der Waals surface area contributed by atoms with Gasteiger partial charge in [0.2, 0.25) is 21.8 Å². The van der Waals surface area contributed by atoms with E-state index in [1.54, 1.807) is 12.1 Å². The summed E-state index contributed by atoms with van der Waals surface area (Å²) in [7, 11) is -3.79. The van der Waals surface area contributed by atoms with Gasteiger partial charge in [0.1, 0.15) is 6.04 Å². The van der Waals surface area contributed by atoms with Gasteiger partial charge < -0.3 is 5.73 Å². The Morgan fingerprint density at radius 2 is 1.62 bits per heavy atom. The lowest BCUT2D eigenvalue weighted by molar-refractivity contribution is -0.142. The number of amides is 2. The van der Waals surface area contributed by atoms with Gasteiger partial charge in [0.25, 0.3) is 0 Å². The zero-order valence-electron chi connectivity index (χ0n) is 23.5. The van der Waals surface area contributed by atoms with Crippen LogP contribution in [0.25, 0.3) is 10.8 Å². The number of carbonyl (C=O) groups excluding carboxylic acids is 2. The molecule has 4 unspecified atom stereocenters. The van der Waals surface area contributed by atoms with Gasteiger partial charge in [-0.1, -0.05) is 43.7 Å². The first-order valence-electron chi connectivity index (χ1n) is 14.8. The van der Waals surface area contributed by atoms with E-state index in [-0.39, 0.29) is 23.3 Å². The van der Waals surface area contributed by atoms with Crippen molar-refractivity contribution in [3.63, 3.8) is 0 Å². The number of benzene rings is 2. The highest BCUT2D eigenvalue weighted by Crippen LogP contribution is 2.33. The van der Waals surface area contributed by atoms with Gasteiger partial charge in [-0.3, -0.25) is 19.9 Å². The van der Waals surface area contributed by atoms with Gasteiger partial charge in [-0.15, -0.1) is 0 Å². The number of nitrogens with two attached hydrogens (primary N) is 1. The number of hydrazine groups is 1. The van der Waals surface area contributed by atoms with Crippen molar-refractivity contribution in [1.29, 1.82) is 0 Å². The second kappa shape index (κ2) is 12.5. The van der Waals surface area contributed by atoms with Crippen molar-refractivity contribution < 1.29 is 18.0 Å². The summed E-state index contributed by atoms with van der Waals surface area (Å²) in [6.45, 7) is 5.69. The number of likely N-dealkylation sites (tertiary alicyclic amines) is 1. The minimum atomic E-state index is -3.79. The fraction of sp³-hybridized carbons (Fsp3) is 0.600. The minimum absolute atomic E-state index is 0.182. The van der Waals surface area contributed by atoms with E-state index in [9.17, 15) is 18.0 Å². The van der Waals surface area contributed by atoms with Crippen molar-refractivity contribution in [1.82, 2.24) is 19.6 Å². The molecule has 4 atom stereocenters. The standard InChI is InChI=1S/C30H43N5O4S/c1-22-9-7-17-34(20-22)32-30(37)27(28(29(31)36)33-15-5-2-6-16-33)25-12-8-18-35(21-25)40(38,39)26-14-13-23-10-3-4-11-24(23)19-26/h3-4,10-11,13-14,19,22,25,27-28H,2,5-9,12,15-18,20-21H2,1H3,(H2,31,36)(H,32,37). The maximum atomic E-state index is 14.0. The molecule has 3 aliphatic rings. The summed E-state index contributed by atoms with van der Waals surface area (Å²) in [5.41, 5.74) is 9.14. The van der Waals surface area contributed by atoms with Crippen LogP contribution in [0.4, 0.5) is 0 Å². The molecule has 0 bridgehead atoms. The summed E-state index contributed by atoms with van der Waals surface area (Å²) in [6, 6.07) is 12.1. The van der Waals surface area contributed by atoms with Gasteiger partial charge in [-0.05, 0) is 86.4 Å². The van der Waals surface area contributed by atoms with E-state index in [1.807, 2.05) is 35.3 Å². The number of hydrogen-bond acceptors (Lipinski definition) is 6. The average Bonchev–Trinajstić information content (AvgIpc) is 2.95. The number of rotatable bonds is 8. The number of nitrogens with zero attached hydrogens (tertiary/aromatic N) is 3. The molecule has 5 rings (SSSR count). The quantitative estimate of drug-likeness (QED) is 0.505. The molecule has 10 heteroatoms. The molecule has 218 valence electrons. The average molecular weight is 570 g/mol. The number of hydrogen-bond donors (Lipinski definition) is 2. The van der Waals surface area contributed by atoms with E-state index in [4.69, 9.17) is 5.73 Å². The molecule has 40 heavy (non-hydrogen) atoms. The first kappa shape index (κ1) is 29.0. The SMILES string of the molecule is CC1CCCN(NC(=O)C(C2CCCN(S(=O)(=O)c3ccc4ccccc4c3)C2)C(C(N)=O)N2CCCCC2)C1. The van der Waals surface area contributed by atoms with Crippen molar-refractivity contribution in [3.8, 4) is 0 Å². The number of fused-ring (bicyclic) bond motifs is 1. The fourth-order valence-electron chi connectivity index (χ4n) is 6.88. The van der Waals surface area contributed by atoms with Gasteiger partial charge in [0.05, 0.1) is 10.8 Å². The Morgan fingerprint density at radius 1 is 0.900 bits per heavy atom. The molecular formula is C30H43N5O4S. The Hall–Kier alpha value is -2.53. The molecule has 2 aromatic rings. The van der Waals surface area contributed by atoms with Gasteiger partial charge in [0.15, 0.2) is 0 Å². The van der Waals surface area contributed by atoms with E-state index in [2.05, 4.69) is 17.2 Å². The van der Waals surface area contributed by atoms with Crippen molar-refractivity contribution in [2.75, 3.05) is 39.3 Å². The zero-order valence-corrected chi connectivity index (χ0v) is 24.3. The zero-order chi connectivity index (χ0) is 28.3. The Bertz CT molecular complexity index is 1310. The minimum Gasteiger partial charge on any atom is -0.368 e. The van der Waals surface area contributed by atoms with Crippen molar-refractivity contribution in [2.24, 2.45) is 23.5 Å². The summed E-state index contributed by atoms with van der Waals surface area (Å²) in [4.78, 5) is 29.3. The number of piperidine rings is 3. The Labute approximate surface area is 238 Å². The molecule has 0 spiro atoms. The number of carbonyl (C=O) groups is 2. The molecule has 2 amide bonds. The van der Waals surface area contributed by atoms with E-state index in [0.29, 0.717) is 38.4 Å². The first-order chi connectivity index (χ1) is 19.2. The Kier molecular flexibility index (Phi) is 9.09. The molecule has 0 saturated carbocycles. The lowest BCUT2D eigenvalue weighted by Gasteiger charge is -2.43. The second-order valence-electron chi connectivity index (χ2n) is 11.9. The second-order valence-corrected chi connectivity index (χ2v) is 13.9. The van der Waals surface area contributed by atoms with Crippen LogP contribution in [0.5, 0.6) is 0 Å². The largest absolute Gasteiger partial charge is 0.368 e. The van der Waals surface area contributed by atoms with Gasteiger partial charge in [-0.25, -0.2) is 13.4 Å². The van der Waals surface area contributed by atoms with Crippen LogP contribution in [0.1, 0.15) is 51.9 Å². The lowest BCUT2D eigenvalue weighted by Crippen LogP contribution is -2.61. The normalized spacial score (nSPS) is 25.3. The molecule has 3 N–H and O–H groups in total. The van der Waals surface area contributed by atoms with Gasteiger partial charge >= 0.3 is 0 Å². The van der Waals surface area contributed by atoms with Crippen LogP contribution >= 0.6 is 0 Å². The van der Waals surface area contributed by atoms with Gasteiger partial charge in [0, 0.05) is 26.2 Å². The van der Waals surface area contributed by atoms with Crippen LogP contribution in [0.3, 0.4) is 0 Å². The van der Waals surface area contributed by atoms with Crippen LogP contribution in [-0.2, 0) is 19.6 Å². The van der Waals surface area contributed by atoms with Crippen LogP contribution in [0, 0.1) is 17.8 Å².